The van der Waals surface area contributed by atoms with Gasteiger partial charge in [-0.15, -0.1) is 0 Å². The Morgan fingerprint density at radius 2 is 1.83 bits per heavy atom. The molecule has 0 bridgehead atoms. The van der Waals surface area contributed by atoms with Crippen LogP contribution in [0.3, 0.4) is 0 Å². The van der Waals surface area contributed by atoms with Gasteiger partial charge in [0.25, 0.3) is 0 Å². The Kier molecular flexibility index (Phi) is 6.69. The van der Waals surface area contributed by atoms with Gasteiger partial charge in [0.1, 0.15) is 5.82 Å². The molecule has 2 aliphatic rings. The van der Waals surface area contributed by atoms with E-state index in [1.165, 1.54) is 5.56 Å². The van der Waals surface area contributed by atoms with Crippen molar-refractivity contribution in [3.8, 4) is 0 Å². The first-order valence-corrected chi connectivity index (χ1v) is 11.1. The number of hydrogen-bond donors (Lipinski definition) is 4. The number of anilines is 4. The van der Waals surface area contributed by atoms with Crippen molar-refractivity contribution in [3.63, 3.8) is 0 Å². The maximum absolute atomic E-state index is 9.85. The Hall–Kier alpha value is -2.38. The third kappa shape index (κ3) is 5.21. The fourth-order valence-electron chi connectivity index (χ4n) is 4.40. The van der Waals surface area contributed by atoms with E-state index >= 15 is 0 Å². The van der Waals surface area contributed by atoms with Crippen LogP contribution in [0.1, 0.15) is 50.0 Å². The van der Waals surface area contributed by atoms with Crippen molar-refractivity contribution in [2.24, 2.45) is 0 Å². The van der Waals surface area contributed by atoms with Crippen LogP contribution in [0.15, 0.2) is 30.5 Å². The first kappa shape index (κ1) is 20.9. The van der Waals surface area contributed by atoms with E-state index in [0.29, 0.717) is 17.9 Å². The third-order valence-electron chi connectivity index (χ3n) is 6.25. The molecule has 30 heavy (non-hydrogen) atoms. The van der Waals surface area contributed by atoms with E-state index in [4.69, 9.17) is 4.98 Å². The van der Waals surface area contributed by atoms with E-state index in [1.807, 2.05) is 32.4 Å². The molecule has 1 aliphatic heterocycles. The molecule has 4 rings (SSSR count). The number of aliphatic hydroxyl groups is 1. The molecule has 1 saturated heterocycles. The summed E-state index contributed by atoms with van der Waals surface area (Å²) in [7, 11) is 4.07. The van der Waals surface area contributed by atoms with Crippen molar-refractivity contribution in [1.29, 1.82) is 0 Å². The SMILES string of the molecule is CN(C)c1cccc(Nc2ncc(C3CCNCC3)c(N[C@H]3CC[C@H](O)CC3)n2)c1. The molecule has 0 unspecified atom stereocenters. The van der Waals surface area contributed by atoms with Crippen LogP contribution in [0.5, 0.6) is 0 Å². The smallest absolute Gasteiger partial charge is 0.229 e. The number of rotatable bonds is 6. The van der Waals surface area contributed by atoms with Gasteiger partial charge in [-0.1, -0.05) is 6.07 Å². The van der Waals surface area contributed by atoms with Gasteiger partial charge in [-0.05, 0) is 75.7 Å². The predicted octanol–water partition coefficient (Wildman–Crippen LogP) is 3.47. The Morgan fingerprint density at radius 1 is 1.07 bits per heavy atom. The van der Waals surface area contributed by atoms with Crippen molar-refractivity contribution in [2.45, 2.75) is 56.6 Å². The molecule has 1 aromatic carbocycles. The molecular formula is C23H34N6O. The molecule has 1 aliphatic carbocycles. The van der Waals surface area contributed by atoms with Crippen LogP contribution in [0.2, 0.25) is 0 Å². The van der Waals surface area contributed by atoms with Crippen LogP contribution in [0, 0.1) is 0 Å². The molecule has 2 aromatic rings. The average molecular weight is 411 g/mol. The van der Waals surface area contributed by atoms with Gasteiger partial charge in [-0.25, -0.2) is 4.98 Å². The highest BCUT2D eigenvalue weighted by atomic mass is 16.3. The number of piperidine rings is 1. The summed E-state index contributed by atoms with van der Waals surface area (Å²) in [6.07, 6.45) is 7.73. The van der Waals surface area contributed by atoms with Crippen LogP contribution in [0.4, 0.5) is 23.1 Å². The van der Waals surface area contributed by atoms with Crippen molar-refractivity contribution >= 4 is 23.1 Å². The normalized spacial score (nSPS) is 22.5. The van der Waals surface area contributed by atoms with Crippen molar-refractivity contribution in [2.75, 3.05) is 42.7 Å². The van der Waals surface area contributed by atoms with E-state index in [9.17, 15) is 5.11 Å². The quantitative estimate of drug-likeness (QED) is 0.580. The lowest BCUT2D eigenvalue weighted by molar-refractivity contribution is 0.126. The minimum Gasteiger partial charge on any atom is -0.393 e. The molecule has 1 saturated carbocycles. The number of aliphatic hydroxyl groups excluding tert-OH is 1. The van der Waals surface area contributed by atoms with Gasteiger partial charge in [0.15, 0.2) is 0 Å². The zero-order valence-corrected chi connectivity index (χ0v) is 18.1. The molecule has 0 spiro atoms. The van der Waals surface area contributed by atoms with Crippen molar-refractivity contribution < 1.29 is 5.11 Å². The van der Waals surface area contributed by atoms with Gasteiger partial charge in [0, 0.05) is 43.3 Å². The third-order valence-corrected chi connectivity index (χ3v) is 6.25. The van der Waals surface area contributed by atoms with Crippen LogP contribution in [-0.4, -0.2) is 54.4 Å². The molecule has 7 nitrogen and oxygen atoms in total. The summed E-state index contributed by atoms with van der Waals surface area (Å²) in [6, 6.07) is 8.60. The van der Waals surface area contributed by atoms with Crippen molar-refractivity contribution in [3.05, 3.63) is 36.0 Å². The number of benzene rings is 1. The average Bonchev–Trinajstić information content (AvgIpc) is 2.76. The minimum atomic E-state index is -0.154. The number of nitrogens with one attached hydrogen (secondary N) is 3. The van der Waals surface area contributed by atoms with Crippen LogP contribution >= 0.6 is 0 Å². The summed E-state index contributed by atoms with van der Waals surface area (Å²) < 4.78 is 0. The first-order chi connectivity index (χ1) is 14.6. The van der Waals surface area contributed by atoms with Gasteiger partial charge >= 0.3 is 0 Å². The lowest BCUT2D eigenvalue weighted by atomic mass is 9.90. The molecule has 1 aromatic heterocycles. The van der Waals surface area contributed by atoms with E-state index in [1.54, 1.807) is 0 Å². The van der Waals surface area contributed by atoms with Gasteiger partial charge < -0.3 is 26.0 Å². The van der Waals surface area contributed by atoms with E-state index in [0.717, 1.165) is 68.8 Å². The van der Waals surface area contributed by atoms with Gasteiger partial charge in [0.05, 0.1) is 6.10 Å². The number of hydrogen-bond acceptors (Lipinski definition) is 7. The Labute approximate surface area is 179 Å². The van der Waals surface area contributed by atoms with Gasteiger partial charge in [-0.2, -0.15) is 4.98 Å². The van der Waals surface area contributed by atoms with E-state index in [-0.39, 0.29) is 6.10 Å². The number of nitrogens with zero attached hydrogens (tertiary/aromatic N) is 3. The molecule has 0 amide bonds. The highest BCUT2D eigenvalue weighted by Gasteiger charge is 2.24. The maximum atomic E-state index is 9.85. The second kappa shape index (κ2) is 9.62. The van der Waals surface area contributed by atoms with E-state index < -0.39 is 0 Å². The van der Waals surface area contributed by atoms with Gasteiger partial charge in [-0.3, -0.25) is 0 Å². The topological polar surface area (TPSA) is 85.3 Å². The van der Waals surface area contributed by atoms with Crippen LogP contribution < -0.4 is 20.9 Å². The van der Waals surface area contributed by atoms with Crippen molar-refractivity contribution in [1.82, 2.24) is 15.3 Å². The lowest BCUT2D eigenvalue weighted by Crippen LogP contribution is -2.30. The highest BCUT2D eigenvalue weighted by molar-refractivity contribution is 5.63. The summed E-state index contributed by atoms with van der Waals surface area (Å²) in [4.78, 5) is 11.6. The summed E-state index contributed by atoms with van der Waals surface area (Å²) in [5.41, 5.74) is 3.32. The fraction of sp³-hybridized carbons (Fsp3) is 0.565. The lowest BCUT2D eigenvalue weighted by Gasteiger charge is -2.29. The molecular weight excluding hydrogens is 376 g/mol. The maximum Gasteiger partial charge on any atom is 0.229 e. The summed E-state index contributed by atoms with van der Waals surface area (Å²) in [5.74, 6) is 2.04. The van der Waals surface area contributed by atoms with E-state index in [2.05, 4.69) is 38.0 Å². The largest absolute Gasteiger partial charge is 0.393 e. The van der Waals surface area contributed by atoms with Gasteiger partial charge in [0.2, 0.25) is 5.95 Å². The molecule has 2 fully saturated rings. The summed E-state index contributed by atoms with van der Waals surface area (Å²) in [5, 5.41) is 20.4. The molecule has 4 N–H and O–H groups in total. The first-order valence-electron chi connectivity index (χ1n) is 11.1. The molecule has 0 atom stereocenters. The Balaban J connectivity index is 1.56. The molecule has 2 heterocycles. The van der Waals surface area contributed by atoms with Crippen LogP contribution in [-0.2, 0) is 0 Å². The standard InChI is InChI=1S/C23H34N6O/c1-29(2)19-5-3-4-18(14-19)27-23-25-15-21(16-10-12-24-13-11-16)22(28-23)26-17-6-8-20(30)9-7-17/h3-5,14-17,20,24,30H,6-13H2,1-2H3,(H2,25,26,27,28)/t17-,20-. The predicted molar refractivity (Wildman–Crippen MR) is 123 cm³/mol. The number of aromatic nitrogens is 2. The zero-order valence-electron chi connectivity index (χ0n) is 18.1. The zero-order chi connectivity index (χ0) is 20.9. The monoisotopic (exact) mass is 410 g/mol. The highest BCUT2D eigenvalue weighted by Crippen LogP contribution is 2.32. The molecule has 0 radical (unpaired) electrons. The Bertz CT molecular complexity index is 828. The summed E-state index contributed by atoms with van der Waals surface area (Å²) in [6.45, 7) is 2.08. The molecule has 162 valence electrons. The van der Waals surface area contributed by atoms with Crippen LogP contribution in [0.25, 0.3) is 0 Å². The second-order valence-electron chi connectivity index (χ2n) is 8.74. The molecule has 7 heteroatoms. The summed E-state index contributed by atoms with van der Waals surface area (Å²) >= 11 is 0. The fourth-order valence-corrected chi connectivity index (χ4v) is 4.40. The minimum absolute atomic E-state index is 0.154. The Morgan fingerprint density at radius 3 is 2.57 bits per heavy atom. The second-order valence-corrected chi connectivity index (χ2v) is 8.74.